The summed E-state index contributed by atoms with van der Waals surface area (Å²) in [5.41, 5.74) is 0.881. The van der Waals surface area contributed by atoms with Gasteiger partial charge in [-0.3, -0.25) is 4.79 Å². The zero-order valence-corrected chi connectivity index (χ0v) is 17.5. The molecule has 0 aliphatic carbocycles. The molecule has 0 bridgehead atoms. The van der Waals surface area contributed by atoms with Crippen molar-refractivity contribution in [2.45, 2.75) is 38.1 Å². The lowest BCUT2D eigenvalue weighted by molar-refractivity contribution is -0.126. The van der Waals surface area contributed by atoms with Gasteiger partial charge in [0.15, 0.2) is 5.54 Å². The Balaban J connectivity index is 1.79. The van der Waals surface area contributed by atoms with Crippen LogP contribution >= 0.6 is 0 Å². The highest BCUT2D eigenvalue weighted by Crippen LogP contribution is 2.27. The van der Waals surface area contributed by atoms with Crippen molar-refractivity contribution < 1.29 is 19.4 Å². The average molecular weight is 411 g/mol. The maximum Gasteiger partial charge on any atom is 0.251 e. The number of aliphatic imine (C=N–C) groups is 1. The number of benzene rings is 2. The van der Waals surface area contributed by atoms with E-state index in [2.05, 4.69) is 12.2 Å². The van der Waals surface area contributed by atoms with E-state index in [-0.39, 0.29) is 19.1 Å². The summed E-state index contributed by atoms with van der Waals surface area (Å²) in [4.78, 5) is 17.9. The fourth-order valence-electron chi connectivity index (χ4n) is 3.31. The number of amides is 1. The molecule has 0 saturated heterocycles. The number of aliphatic hydroxyl groups excluding tert-OH is 1. The van der Waals surface area contributed by atoms with Gasteiger partial charge in [-0.2, -0.15) is 0 Å². The topological polar surface area (TPSA) is 80.2 Å². The number of ether oxygens (including phenoxy) is 2. The molecular weight excluding hydrogens is 380 g/mol. The van der Waals surface area contributed by atoms with Crippen molar-refractivity contribution in [1.82, 2.24) is 5.32 Å². The van der Waals surface area contributed by atoms with Crippen molar-refractivity contribution in [1.29, 1.82) is 0 Å². The minimum atomic E-state index is -0.972. The summed E-state index contributed by atoms with van der Waals surface area (Å²) in [5.74, 6) is 1.09. The minimum absolute atomic E-state index is 0.0984. The van der Waals surface area contributed by atoms with E-state index in [1.54, 1.807) is 0 Å². The number of nitrogens with one attached hydrogen (secondary N) is 1. The van der Waals surface area contributed by atoms with Crippen LogP contribution in [0.2, 0.25) is 0 Å². The normalized spacial score (nSPS) is 17.9. The summed E-state index contributed by atoms with van der Waals surface area (Å²) in [6, 6.07) is 17.3. The molecule has 2 aromatic carbocycles. The first kappa shape index (κ1) is 21.8. The Labute approximate surface area is 177 Å². The molecule has 1 aliphatic rings. The van der Waals surface area contributed by atoms with E-state index in [4.69, 9.17) is 19.6 Å². The van der Waals surface area contributed by atoms with Gasteiger partial charge in [-0.25, -0.2) is 4.99 Å². The second-order valence-corrected chi connectivity index (χ2v) is 7.46. The highest BCUT2D eigenvalue weighted by Gasteiger charge is 2.44. The van der Waals surface area contributed by atoms with Crippen LogP contribution in [0, 0.1) is 0 Å². The third-order valence-corrected chi connectivity index (χ3v) is 5.01. The third kappa shape index (κ3) is 5.60. The van der Waals surface area contributed by atoms with Gasteiger partial charge in [0.1, 0.15) is 12.4 Å². The monoisotopic (exact) mass is 410 g/mol. The Bertz CT molecular complexity index is 836. The molecular formula is C24H30N2O4. The Kier molecular flexibility index (Phi) is 7.85. The molecule has 2 N–H and O–H groups in total. The highest BCUT2D eigenvalue weighted by molar-refractivity contribution is 6.00. The molecule has 0 saturated carbocycles. The molecule has 0 fully saturated rings. The SMILES string of the molecule is CCCCNC(=O)[C@@]1(Cc2ccccc2)COC(c2ccc(OCCCO)cc2)=N1. The molecule has 1 aliphatic heterocycles. The zero-order chi connectivity index (χ0) is 21.2. The van der Waals surface area contributed by atoms with E-state index < -0.39 is 5.54 Å². The van der Waals surface area contributed by atoms with E-state index in [0.29, 0.717) is 31.9 Å². The molecule has 6 heteroatoms. The van der Waals surface area contributed by atoms with E-state index in [0.717, 1.165) is 29.7 Å². The van der Waals surface area contributed by atoms with Gasteiger partial charge >= 0.3 is 0 Å². The molecule has 0 radical (unpaired) electrons. The number of nitrogens with zero attached hydrogens (tertiary/aromatic N) is 1. The Morgan fingerprint density at radius 3 is 2.63 bits per heavy atom. The van der Waals surface area contributed by atoms with Crippen molar-refractivity contribution in [2.75, 3.05) is 26.4 Å². The van der Waals surface area contributed by atoms with E-state index in [9.17, 15) is 4.79 Å². The lowest BCUT2D eigenvalue weighted by atomic mass is 9.91. The van der Waals surface area contributed by atoms with Crippen LogP contribution in [-0.4, -0.2) is 48.8 Å². The fourth-order valence-corrected chi connectivity index (χ4v) is 3.31. The number of carbonyl (C=O) groups excluding carboxylic acids is 1. The first-order valence-corrected chi connectivity index (χ1v) is 10.6. The summed E-state index contributed by atoms with van der Waals surface area (Å²) in [6.07, 6.45) is 3.02. The van der Waals surface area contributed by atoms with Gasteiger partial charge in [0.05, 0.1) is 6.61 Å². The molecule has 0 spiro atoms. The van der Waals surface area contributed by atoms with E-state index in [1.807, 2.05) is 54.6 Å². The first-order valence-electron chi connectivity index (χ1n) is 10.6. The Morgan fingerprint density at radius 1 is 1.17 bits per heavy atom. The maximum atomic E-state index is 13.1. The second-order valence-electron chi connectivity index (χ2n) is 7.46. The molecule has 0 aromatic heterocycles. The summed E-state index contributed by atoms with van der Waals surface area (Å²) in [5, 5.41) is 11.9. The molecule has 1 atom stereocenters. The van der Waals surface area contributed by atoms with Crippen LogP contribution in [0.15, 0.2) is 59.6 Å². The van der Waals surface area contributed by atoms with Gasteiger partial charge in [0.25, 0.3) is 5.91 Å². The number of aliphatic hydroxyl groups is 1. The van der Waals surface area contributed by atoms with Crippen molar-refractivity contribution in [3.8, 4) is 5.75 Å². The van der Waals surface area contributed by atoms with Crippen molar-refractivity contribution >= 4 is 11.8 Å². The number of unbranched alkanes of at least 4 members (excludes halogenated alkanes) is 1. The average Bonchev–Trinajstić information content (AvgIpc) is 3.20. The maximum absolute atomic E-state index is 13.1. The summed E-state index contributed by atoms with van der Waals surface area (Å²) < 4.78 is 11.5. The number of carbonyl (C=O) groups is 1. The molecule has 2 aromatic rings. The number of hydrogen-bond donors (Lipinski definition) is 2. The van der Waals surface area contributed by atoms with Crippen LogP contribution in [0.4, 0.5) is 0 Å². The second kappa shape index (κ2) is 10.8. The largest absolute Gasteiger partial charge is 0.494 e. The summed E-state index contributed by atoms with van der Waals surface area (Å²) in [6.45, 7) is 3.51. The molecule has 160 valence electrons. The lowest BCUT2D eigenvalue weighted by Gasteiger charge is -2.23. The van der Waals surface area contributed by atoms with Crippen LogP contribution in [-0.2, 0) is 16.0 Å². The standard InChI is InChI=1S/C24H30N2O4/c1-2-3-14-25-23(28)24(17-19-8-5-4-6-9-19)18-30-22(26-24)20-10-12-21(13-11-20)29-16-7-15-27/h4-6,8-13,27H,2-3,7,14-18H2,1H3,(H,25,28)/t24-/m1/s1. The van der Waals surface area contributed by atoms with E-state index in [1.165, 1.54) is 0 Å². The Hall–Kier alpha value is -2.86. The molecule has 0 unspecified atom stereocenters. The molecule has 6 nitrogen and oxygen atoms in total. The predicted octanol–water partition coefficient (Wildman–Crippen LogP) is 3.12. The van der Waals surface area contributed by atoms with Crippen LogP contribution in [0.5, 0.6) is 5.75 Å². The van der Waals surface area contributed by atoms with Crippen LogP contribution < -0.4 is 10.1 Å². The zero-order valence-electron chi connectivity index (χ0n) is 17.5. The van der Waals surface area contributed by atoms with Crippen molar-refractivity contribution in [3.05, 3.63) is 65.7 Å². The smallest absolute Gasteiger partial charge is 0.251 e. The fraction of sp³-hybridized carbons (Fsp3) is 0.417. The van der Waals surface area contributed by atoms with Gasteiger partial charge in [-0.1, -0.05) is 43.7 Å². The van der Waals surface area contributed by atoms with Gasteiger partial charge in [0, 0.05) is 31.6 Å². The van der Waals surface area contributed by atoms with Crippen LogP contribution in [0.1, 0.15) is 37.3 Å². The molecule has 1 heterocycles. The highest BCUT2D eigenvalue weighted by atomic mass is 16.5. The number of hydrogen-bond acceptors (Lipinski definition) is 5. The van der Waals surface area contributed by atoms with Gasteiger partial charge in [0.2, 0.25) is 5.90 Å². The van der Waals surface area contributed by atoms with Gasteiger partial charge in [-0.15, -0.1) is 0 Å². The third-order valence-electron chi connectivity index (χ3n) is 5.01. The van der Waals surface area contributed by atoms with Gasteiger partial charge < -0.3 is 19.9 Å². The van der Waals surface area contributed by atoms with Crippen LogP contribution in [0.25, 0.3) is 0 Å². The van der Waals surface area contributed by atoms with E-state index >= 15 is 0 Å². The van der Waals surface area contributed by atoms with Gasteiger partial charge in [-0.05, 0) is 36.2 Å². The minimum Gasteiger partial charge on any atom is -0.494 e. The number of rotatable bonds is 11. The molecule has 1 amide bonds. The first-order chi connectivity index (χ1) is 14.7. The van der Waals surface area contributed by atoms with Crippen molar-refractivity contribution in [2.24, 2.45) is 4.99 Å². The Morgan fingerprint density at radius 2 is 1.93 bits per heavy atom. The quantitative estimate of drug-likeness (QED) is 0.558. The molecule has 30 heavy (non-hydrogen) atoms. The summed E-state index contributed by atoms with van der Waals surface area (Å²) >= 11 is 0. The molecule has 3 rings (SSSR count). The van der Waals surface area contributed by atoms with Crippen LogP contribution in [0.3, 0.4) is 0 Å². The van der Waals surface area contributed by atoms with Crippen molar-refractivity contribution in [3.63, 3.8) is 0 Å². The summed E-state index contributed by atoms with van der Waals surface area (Å²) in [7, 11) is 0. The lowest BCUT2D eigenvalue weighted by Crippen LogP contribution is -2.48. The predicted molar refractivity (Wildman–Crippen MR) is 117 cm³/mol.